The van der Waals surface area contributed by atoms with E-state index in [1.165, 1.54) is 11.6 Å². The summed E-state index contributed by atoms with van der Waals surface area (Å²) in [5.41, 5.74) is 4.58. The molecule has 0 bridgehead atoms. The maximum atomic E-state index is 11.8. The van der Waals surface area contributed by atoms with Crippen molar-refractivity contribution >= 4 is 17.4 Å². The molecule has 0 radical (unpaired) electrons. The molecule has 3 aromatic rings. The fraction of sp³-hybridized carbons (Fsp3) is 0.357. The van der Waals surface area contributed by atoms with Crippen LogP contribution in [0.25, 0.3) is 11.3 Å². The Labute approximate surface area is 215 Å². The molecule has 9 nitrogen and oxygen atoms in total. The summed E-state index contributed by atoms with van der Waals surface area (Å²) in [5.74, 6) is 2.00. The summed E-state index contributed by atoms with van der Waals surface area (Å²) in [6.45, 7) is 7.59. The van der Waals surface area contributed by atoms with Crippen molar-refractivity contribution in [1.82, 2.24) is 24.3 Å². The van der Waals surface area contributed by atoms with Crippen molar-refractivity contribution in [1.29, 1.82) is 0 Å². The van der Waals surface area contributed by atoms with Gasteiger partial charge >= 0.3 is 0 Å². The zero-order valence-electron chi connectivity index (χ0n) is 20.9. The molecule has 6 rings (SSSR count). The summed E-state index contributed by atoms with van der Waals surface area (Å²) >= 11 is 0. The molecule has 3 aliphatic rings. The predicted octanol–water partition coefficient (Wildman–Crippen LogP) is 3.05. The number of aromatic nitrogens is 3. The molecule has 5 heterocycles. The summed E-state index contributed by atoms with van der Waals surface area (Å²) in [6.07, 6.45) is 6.89. The summed E-state index contributed by atoms with van der Waals surface area (Å²) in [7, 11) is 1.73. The molecule has 0 spiro atoms. The van der Waals surface area contributed by atoms with E-state index in [9.17, 15) is 9.59 Å². The smallest absolute Gasteiger partial charge is 0.250 e. The first-order valence-corrected chi connectivity index (χ1v) is 12.7. The third kappa shape index (κ3) is 4.40. The average Bonchev–Trinajstić information content (AvgIpc) is 3.08. The molecule has 9 heteroatoms. The van der Waals surface area contributed by atoms with E-state index in [0.717, 1.165) is 67.3 Å². The van der Waals surface area contributed by atoms with E-state index in [2.05, 4.69) is 38.9 Å². The quantitative estimate of drug-likeness (QED) is 0.553. The molecule has 2 fully saturated rings. The van der Waals surface area contributed by atoms with Crippen LogP contribution in [0, 0.1) is 0 Å². The largest absolute Gasteiger partial charge is 0.486 e. The van der Waals surface area contributed by atoms with Crippen LogP contribution >= 0.6 is 0 Å². The van der Waals surface area contributed by atoms with Crippen LogP contribution in [-0.2, 0) is 18.4 Å². The number of carbonyl (C=O) groups is 1. The number of hydrogen-bond donors (Lipinski definition) is 1. The lowest BCUT2D eigenvalue weighted by atomic mass is 9.88. The topological polar surface area (TPSA) is 92.6 Å². The fourth-order valence-corrected chi connectivity index (χ4v) is 5.54. The molecule has 37 heavy (non-hydrogen) atoms. The number of likely N-dealkylation sites (tertiary alicyclic amines) is 2. The van der Waals surface area contributed by atoms with E-state index in [0.29, 0.717) is 24.4 Å². The molecule has 0 aliphatic carbocycles. The number of benzene rings is 1. The second-order valence-corrected chi connectivity index (χ2v) is 10.00. The van der Waals surface area contributed by atoms with Gasteiger partial charge in [0.15, 0.2) is 0 Å². The summed E-state index contributed by atoms with van der Waals surface area (Å²) in [5, 5.41) is 3.48. The van der Waals surface area contributed by atoms with Gasteiger partial charge in [0.25, 0.3) is 0 Å². The SMILES string of the molecule is C=CC(=O)N1CC(N2CCC(c3ccc4c(c3)Nc3ncnc(-c5ccc(=O)n(C)c5)c3CO4)CC2)C1. The first-order valence-electron chi connectivity index (χ1n) is 12.7. The van der Waals surface area contributed by atoms with Crippen molar-refractivity contribution in [3.8, 4) is 17.0 Å². The minimum absolute atomic E-state index is 0.0270. The van der Waals surface area contributed by atoms with Crippen LogP contribution < -0.4 is 15.6 Å². The number of piperidine rings is 1. The Morgan fingerprint density at radius 1 is 1.16 bits per heavy atom. The Morgan fingerprint density at radius 2 is 1.97 bits per heavy atom. The minimum Gasteiger partial charge on any atom is -0.486 e. The highest BCUT2D eigenvalue weighted by Crippen LogP contribution is 2.39. The molecule has 190 valence electrons. The van der Waals surface area contributed by atoms with Crippen LogP contribution in [0.15, 0.2) is 60.3 Å². The van der Waals surface area contributed by atoms with Gasteiger partial charge in [0.2, 0.25) is 11.5 Å². The van der Waals surface area contributed by atoms with Crippen LogP contribution in [0.3, 0.4) is 0 Å². The lowest BCUT2D eigenvalue weighted by Crippen LogP contribution is -2.61. The number of fused-ring (bicyclic) bond motifs is 2. The maximum absolute atomic E-state index is 11.8. The predicted molar refractivity (Wildman–Crippen MR) is 141 cm³/mol. The number of amides is 1. The van der Waals surface area contributed by atoms with Gasteiger partial charge in [-0.1, -0.05) is 12.6 Å². The Morgan fingerprint density at radius 3 is 2.73 bits per heavy atom. The lowest BCUT2D eigenvalue weighted by Gasteiger charge is -2.47. The molecule has 3 aliphatic heterocycles. The van der Waals surface area contributed by atoms with E-state index in [-0.39, 0.29) is 11.5 Å². The Balaban J connectivity index is 1.17. The van der Waals surface area contributed by atoms with E-state index in [1.54, 1.807) is 36.3 Å². The summed E-state index contributed by atoms with van der Waals surface area (Å²) in [6, 6.07) is 10.2. The van der Waals surface area contributed by atoms with Crippen molar-refractivity contribution in [3.63, 3.8) is 0 Å². The van der Waals surface area contributed by atoms with Crippen molar-refractivity contribution in [3.05, 3.63) is 77.0 Å². The number of carbonyl (C=O) groups excluding carboxylic acids is 1. The van der Waals surface area contributed by atoms with Gasteiger partial charge in [-0.2, -0.15) is 0 Å². The van der Waals surface area contributed by atoms with Crippen LogP contribution in [0.4, 0.5) is 11.5 Å². The average molecular weight is 499 g/mol. The van der Waals surface area contributed by atoms with Gasteiger partial charge in [0.05, 0.1) is 16.9 Å². The molecule has 1 amide bonds. The monoisotopic (exact) mass is 498 g/mol. The Kier molecular flexibility index (Phi) is 6.00. The van der Waals surface area contributed by atoms with Crippen LogP contribution in [0.2, 0.25) is 0 Å². The second kappa shape index (κ2) is 9.48. The highest BCUT2D eigenvalue weighted by Gasteiger charge is 2.35. The first-order chi connectivity index (χ1) is 18.0. The molecule has 0 atom stereocenters. The second-order valence-electron chi connectivity index (χ2n) is 10.00. The molecule has 1 aromatic carbocycles. The summed E-state index contributed by atoms with van der Waals surface area (Å²) in [4.78, 5) is 37.0. The van der Waals surface area contributed by atoms with Crippen LogP contribution in [0.5, 0.6) is 5.75 Å². The maximum Gasteiger partial charge on any atom is 0.250 e. The van der Waals surface area contributed by atoms with E-state index in [1.807, 2.05) is 11.0 Å². The zero-order chi connectivity index (χ0) is 25.5. The lowest BCUT2D eigenvalue weighted by molar-refractivity contribution is -0.133. The molecular formula is C28H30N6O3. The molecule has 1 N–H and O–H groups in total. The van der Waals surface area contributed by atoms with Crippen molar-refractivity contribution < 1.29 is 9.53 Å². The molecule has 0 unspecified atom stereocenters. The standard InChI is InChI=1S/C28H30N6O3/c1-3-25(35)34-14-21(15-34)33-10-8-18(9-11-33)19-4-6-24-23(12-19)31-28-22(16-37-24)27(29-17-30-28)20-5-7-26(36)32(2)13-20/h3-7,12-13,17-18,21H,1,8-11,14-16H2,2H3,(H,29,30,31). The van der Waals surface area contributed by atoms with Crippen molar-refractivity contribution in [2.75, 3.05) is 31.5 Å². The van der Waals surface area contributed by atoms with Gasteiger partial charge in [0.1, 0.15) is 24.5 Å². The number of ether oxygens (including phenoxy) is 1. The Bertz CT molecular complexity index is 1420. The van der Waals surface area contributed by atoms with Gasteiger partial charge in [-0.05, 0) is 61.7 Å². The third-order valence-corrected chi connectivity index (χ3v) is 7.80. The van der Waals surface area contributed by atoms with Gasteiger partial charge in [0, 0.05) is 44.0 Å². The first kappa shape index (κ1) is 23.4. The third-order valence-electron chi connectivity index (χ3n) is 7.80. The zero-order valence-corrected chi connectivity index (χ0v) is 20.9. The number of nitrogens with one attached hydrogen (secondary N) is 1. The van der Waals surface area contributed by atoms with E-state index in [4.69, 9.17) is 4.74 Å². The van der Waals surface area contributed by atoms with Crippen LogP contribution in [0.1, 0.15) is 29.9 Å². The fourth-order valence-electron chi connectivity index (χ4n) is 5.54. The number of aryl methyl sites for hydroxylation is 1. The minimum atomic E-state index is -0.0681. The number of rotatable bonds is 4. The molecule has 2 saturated heterocycles. The Hall–Kier alpha value is -3.98. The van der Waals surface area contributed by atoms with Crippen LogP contribution in [-0.4, -0.2) is 62.5 Å². The highest BCUT2D eigenvalue weighted by molar-refractivity contribution is 5.87. The molecule has 2 aromatic heterocycles. The van der Waals surface area contributed by atoms with Crippen molar-refractivity contribution in [2.45, 2.75) is 31.4 Å². The number of nitrogens with zero attached hydrogens (tertiary/aromatic N) is 5. The molecule has 0 saturated carbocycles. The van der Waals surface area contributed by atoms with Gasteiger partial charge < -0.3 is 19.5 Å². The van der Waals surface area contributed by atoms with Gasteiger partial charge in [-0.15, -0.1) is 0 Å². The normalized spacial score (nSPS) is 18.0. The number of pyridine rings is 1. The summed E-state index contributed by atoms with van der Waals surface area (Å²) < 4.78 is 7.73. The van der Waals surface area contributed by atoms with E-state index >= 15 is 0 Å². The van der Waals surface area contributed by atoms with Crippen molar-refractivity contribution in [2.24, 2.45) is 7.05 Å². The van der Waals surface area contributed by atoms with Gasteiger partial charge in [-0.3, -0.25) is 14.5 Å². The van der Waals surface area contributed by atoms with E-state index < -0.39 is 0 Å². The number of hydrogen-bond acceptors (Lipinski definition) is 7. The highest BCUT2D eigenvalue weighted by atomic mass is 16.5. The molecular weight excluding hydrogens is 468 g/mol. The number of anilines is 2. The van der Waals surface area contributed by atoms with Gasteiger partial charge in [-0.25, -0.2) is 9.97 Å².